The zero-order chi connectivity index (χ0) is 22.4. The van der Waals surface area contributed by atoms with E-state index in [0.717, 1.165) is 31.1 Å². The molecule has 0 bridgehead atoms. The van der Waals surface area contributed by atoms with Gasteiger partial charge in [0.15, 0.2) is 0 Å². The summed E-state index contributed by atoms with van der Waals surface area (Å²) in [5.41, 5.74) is 0.598. The van der Waals surface area contributed by atoms with Gasteiger partial charge in [-0.15, -0.1) is 0 Å². The van der Waals surface area contributed by atoms with Crippen molar-refractivity contribution in [3.05, 3.63) is 12.2 Å². The van der Waals surface area contributed by atoms with Crippen LogP contribution < -0.4 is 0 Å². The van der Waals surface area contributed by atoms with E-state index >= 15 is 0 Å². The molecular weight excluding hydrogens is 388 g/mol. The van der Waals surface area contributed by atoms with Crippen LogP contribution in [0.3, 0.4) is 0 Å². The fraction of sp³-hybridized carbons (Fsp3) is 0.852. The molecule has 0 aromatic heterocycles. The second-order valence-corrected chi connectivity index (χ2v) is 11.6. The van der Waals surface area contributed by atoms with Crippen molar-refractivity contribution in [1.82, 2.24) is 0 Å². The van der Waals surface area contributed by atoms with Crippen LogP contribution in [0.2, 0.25) is 0 Å². The fourth-order valence-electron chi connectivity index (χ4n) is 8.52. The second-order valence-electron chi connectivity index (χ2n) is 11.6. The molecule has 0 unspecified atom stereocenters. The predicted molar refractivity (Wildman–Crippen MR) is 121 cm³/mol. The van der Waals surface area contributed by atoms with Crippen molar-refractivity contribution in [1.29, 1.82) is 0 Å². The van der Waals surface area contributed by atoms with Crippen LogP contribution in [-0.2, 0) is 19.1 Å². The molecular formula is C27H42O4. The van der Waals surface area contributed by atoms with E-state index in [9.17, 15) is 9.59 Å². The first-order valence-corrected chi connectivity index (χ1v) is 12.6. The molecule has 3 saturated carbocycles. The summed E-state index contributed by atoms with van der Waals surface area (Å²) in [6, 6.07) is 0. The first-order chi connectivity index (χ1) is 14.7. The topological polar surface area (TPSA) is 52.6 Å². The maximum atomic E-state index is 11.7. The Hall–Kier alpha value is -1.32. The van der Waals surface area contributed by atoms with E-state index in [1.165, 1.54) is 46.1 Å². The Morgan fingerprint density at radius 1 is 1.13 bits per heavy atom. The Kier molecular flexibility index (Phi) is 6.31. The Morgan fingerprint density at radius 2 is 1.90 bits per heavy atom. The van der Waals surface area contributed by atoms with Crippen molar-refractivity contribution in [3.8, 4) is 0 Å². The van der Waals surface area contributed by atoms with Crippen molar-refractivity contribution in [2.45, 2.75) is 91.6 Å². The zero-order valence-electron chi connectivity index (χ0n) is 20.2. The van der Waals surface area contributed by atoms with Gasteiger partial charge in [0.2, 0.25) is 0 Å². The number of fused-ring (bicyclic) bond motifs is 5. The van der Waals surface area contributed by atoms with Gasteiger partial charge in [0.05, 0.1) is 7.11 Å². The number of rotatable bonds is 5. The molecule has 0 radical (unpaired) electrons. The largest absolute Gasteiger partial charge is 0.469 e. The van der Waals surface area contributed by atoms with E-state index in [1.807, 2.05) is 0 Å². The Morgan fingerprint density at radius 3 is 2.61 bits per heavy atom. The molecule has 0 saturated heterocycles. The van der Waals surface area contributed by atoms with Gasteiger partial charge < -0.3 is 9.47 Å². The molecule has 4 aliphatic carbocycles. The van der Waals surface area contributed by atoms with Crippen LogP contribution in [0.4, 0.5) is 0 Å². The van der Waals surface area contributed by atoms with Gasteiger partial charge in [-0.3, -0.25) is 9.59 Å². The van der Waals surface area contributed by atoms with Gasteiger partial charge in [-0.2, -0.15) is 0 Å². The average Bonchev–Trinajstić information content (AvgIpc) is 3.09. The lowest BCUT2D eigenvalue weighted by atomic mass is 9.46. The van der Waals surface area contributed by atoms with Crippen LogP contribution in [0.1, 0.15) is 85.5 Å². The van der Waals surface area contributed by atoms with E-state index in [1.54, 1.807) is 0 Å². The SMILES string of the molecule is COC(=O)CC[C@H](C)[C@@H]1CC[C@@H]2[C@@H]3CC[C@@H]4C[C@H](OC(C)=O)CC[C@]4(C)[C@H]3C=C[C@]21C. The van der Waals surface area contributed by atoms with Crippen LogP contribution in [0.5, 0.6) is 0 Å². The highest BCUT2D eigenvalue weighted by Crippen LogP contribution is 2.66. The van der Waals surface area contributed by atoms with E-state index < -0.39 is 0 Å². The molecule has 0 aromatic carbocycles. The van der Waals surface area contributed by atoms with Crippen molar-refractivity contribution >= 4 is 11.9 Å². The standard InChI is InChI=1S/C27H42O4/c1-17(6-11-25(29)30-5)22-9-10-23-21-8-7-19-16-20(31-18(2)28)12-14-26(19,3)24(21)13-15-27(22,23)4/h13,15,17,19-24H,6-12,14,16H2,1-5H3/t17-,19+,20+,21-,22-,23+,24-,26-,27-/m0/s1. The molecule has 174 valence electrons. The van der Waals surface area contributed by atoms with Gasteiger partial charge in [-0.05, 0) is 97.7 Å². The first kappa shape index (κ1) is 22.9. The van der Waals surface area contributed by atoms with Gasteiger partial charge in [0.25, 0.3) is 0 Å². The molecule has 9 atom stereocenters. The molecule has 4 rings (SSSR count). The second kappa shape index (κ2) is 8.56. The number of methoxy groups -OCH3 is 1. The van der Waals surface area contributed by atoms with E-state index in [2.05, 4.69) is 32.9 Å². The van der Waals surface area contributed by atoms with Crippen LogP contribution in [0.15, 0.2) is 12.2 Å². The maximum absolute atomic E-state index is 11.7. The molecule has 0 amide bonds. The number of hydrogen-bond donors (Lipinski definition) is 0. The summed E-state index contributed by atoms with van der Waals surface area (Å²) < 4.78 is 10.5. The number of esters is 2. The highest BCUT2D eigenvalue weighted by atomic mass is 16.5. The normalized spacial score (nSPS) is 44.5. The highest BCUT2D eigenvalue weighted by Gasteiger charge is 2.59. The summed E-state index contributed by atoms with van der Waals surface area (Å²) in [4.78, 5) is 23.1. The third-order valence-corrected chi connectivity index (χ3v) is 10.2. The lowest BCUT2D eigenvalue weighted by Gasteiger charge is -2.59. The van der Waals surface area contributed by atoms with E-state index in [-0.39, 0.29) is 23.5 Å². The molecule has 0 N–H and O–H groups in total. The monoisotopic (exact) mass is 430 g/mol. The molecule has 31 heavy (non-hydrogen) atoms. The van der Waals surface area contributed by atoms with Crippen molar-refractivity contribution in [3.63, 3.8) is 0 Å². The third kappa shape index (κ3) is 3.97. The van der Waals surface area contributed by atoms with Gasteiger partial charge in [-0.1, -0.05) is 32.9 Å². The summed E-state index contributed by atoms with van der Waals surface area (Å²) in [5.74, 6) is 3.85. The minimum atomic E-state index is -0.131. The summed E-state index contributed by atoms with van der Waals surface area (Å²) in [5, 5.41) is 0. The maximum Gasteiger partial charge on any atom is 0.305 e. The zero-order valence-corrected chi connectivity index (χ0v) is 20.2. The lowest BCUT2D eigenvalue weighted by molar-refractivity contribution is -0.154. The number of carbonyl (C=O) groups is 2. The molecule has 4 nitrogen and oxygen atoms in total. The van der Waals surface area contributed by atoms with Gasteiger partial charge in [0, 0.05) is 13.3 Å². The number of allylic oxidation sites excluding steroid dienone is 2. The molecule has 4 aliphatic rings. The Balaban J connectivity index is 1.50. The summed E-state index contributed by atoms with van der Waals surface area (Å²) in [7, 11) is 1.49. The first-order valence-electron chi connectivity index (χ1n) is 12.6. The summed E-state index contributed by atoms with van der Waals surface area (Å²) in [6.07, 6.45) is 15.2. The fourth-order valence-corrected chi connectivity index (χ4v) is 8.52. The van der Waals surface area contributed by atoms with Crippen molar-refractivity contribution < 1.29 is 19.1 Å². The minimum absolute atomic E-state index is 0.0820. The summed E-state index contributed by atoms with van der Waals surface area (Å²) >= 11 is 0. The van der Waals surface area contributed by atoms with Gasteiger partial charge >= 0.3 is 11.9 Å². The van der Waals surface area contributed by atoms with Gasteiger partial charge in [0.1, 0.15) is 6.10 Å². The number of hydrogen-bond acceptors (Lipinski definition) is 4. The van der Waals surface area contributed by atoms with Gasteiger partial charge in [-0.25, -0.2) is 0 Å². The molecule has 0 heterocycles. The Labute approximate surface area is 188 Å². The molecule has 0 spiro atoms. The van der Waals surface area contributed by atoms with Crippen molar-refractivity contribution in [2.24, 2.45) is 46.3 Å². The smallest absolute Gasteiger partial charge is 0.305 e. The number of ether oxygens (including phenoxy) is 2. The van der Waals surface area contributed by atoms with E-state index in [4.69, 9.17) is 9.47 Å². The molecule has 3 fully saturated rings. The van der Waals surface area contributed by atoms with Crippen LogP contribution in [0, 0.1) is 46.3 Å². The van der Waals surface area contributed by atoms with Crippen LogP contribution in [-0.4, -0.2) is 25.2 Å². The minimum Gasteiger partial charge on any atom is -0.469 e. The lowest BCUT2D eigenvalue weighted by Crippen LogP contribution is -2.52. The van der Waals surface area contributed by atoms with Crippen LogP contribution in [0.25, 0.3) is 0 Å². The molecule has 0 aliphatic heterocycles. The van der Waals surface area contributed by atoms with E-state index in [0.29, 0.717) is 35.5 Å². The molecule has 4 heteroatoms. The quantitative estimate of drug-likeness (QED) is 0.400. The number of carbonyl (C=O) groups excluding carboxylic acids is 2. The third-order valence-electron chi connectivity index (χ3n) is 10.2. The average molecular weight is 431 g/mol. The Bertz CT molecular complexity index is 729. The molecule has 0 aromatic rings. The van der Waals surface area contributed by atoms with Crippen molar-refractivity contribution in [2.75, 3.05) is 7.11 Å². The predicted octanol–water partition coefficient (Wildman–Crippen LogP) is 5.94. The highest BCUT2D eigenvalue weighted by molar-refractivity contribution is 5.69. The summed E-state index contributed by atoms with van der Waals surface area (Å²) in [6.45, 7) is 8.91. The van der Waals surface area contributed by atoms with Crippen LogP contribution >= 0.6 is 0 Å².